The first kappa shape index (κ1) is 16.5. The third kappa shape index (κ3) is 2.89. The van der Waals surface area contributed by atoms with Crippen molar-refractivity contribution in [3.05, 3.63) is 95.4 Å². The maximum Gasteiger partial charge on any atom is 0.183 e. The predicted molar refractivity (Wildman–Crippen MR) is 106 cm³/mol. The third-order valence-electron chi connectivity index (χ3n) is 4.23. The van der Waals surface area contributed by atoms with Gasteiger partial charge in [0.25, 0.3) is 0 Å². The average Bonchev–Trinajstić information content (AvgIpc) is 3.43. The molecule has 28 heavy (non-hydrogen) atoms. The molecule has 7 nitrogen and oxygen atoms in total. The number of hydrogen-bond donors (Lipinski definition) is 0. The van der Waals surface area contributed by atoms with Gasteiger partial charge in [0.15, 0.2) is 23.4 Å². The Morgan fingerprint density at radius 1 is 0.857 bits per heavy atom. The molecule has 4 aromatic rings. The van der Waals surface area contributed by atoms with E-state index < -0.39 is 6.04 Å². The number of thiophene rings is 1. The highest BCUT2D eigenvalue weighted by Gasteiger charge is 2.41. The van der Waals surface area contributed by atoms with Crippen LogP contribution in [0.5, 0.6) is 0 Å². The van der Waals surface area contributed by atoms with E-state index in [1.165, 1.54) is 0 Å². The first-order chi connectivity index (χ1) is 13.9. The van der Waals surface area contributed by atoms with Gasteiger partial charge in [-0.2, -0.15) is 5.06 Å². The highest BCUT2D eigenvalue weighted by molar-refractivity contribution is 7.11. The van der Waals surface area contributed by atoms with E-state index in [-0.39, 0.29) is 0 Å². The summed E-state index contributed by atoms with van der Waals surface area (Å²) in [6, 6.07) is 11.2. The molecule has 136 valence electrons. The zero-order valence-electron chi connectivity index (χ0n) is 14.6. The lowest BCUT2D eigenvalue weighted by molar-refractivity contribution is 0.242. The summed E-state index contributed by atoms with van der Waals surface area (Å²) in [6.45, 7) is 0. The van der Waals surface area contributed by atoms with Crippen LogP contribution in [0.2, 0.25) is 0 Å². The fraction of sp³-hybridized carbons (Fsp3) is 0.0500. The van der Waals surface area contributed by atoms with Crippen molar-refractivity contribution in [2.75, 3.05) is 5.06 Å². The van der Waals surface area contributed by atoms with Crippen molar-refractivity contribution >= 4 is 28.5 Å². The van der Waals surface area contributed by atoms with Crippen LogP contribution >= 0.6 is 11.3 Å². The zero-order chi connectivity index (χ0) is 18.8. The van der Waals surface area contributed by atoms with E-state index in [0.29, 0.717) is 11.6 Å². The Morgan fingerprint density at radius 2 is 1.75 bits per heavy atom. The fourth-order valence-electron chi connectivity index (χ4n) is 3.08. The SMILES string of the molecule is c1ccc(C2=C(c3cccs3)ON(c3cnccn3)C2c2ncccn2)nc1. The lowest BCUT2D eigenvalue weighted by Crippen LogP contribution is -2.26. The van der Waals surface area contributed by atoms with Crippen LogP contribution in [0.3, 0.4) is 0 Å². The van der Waals surface area contributed by atoms with Crippen molar-refractivity contribution in [2.45, 2.75) is 6.04 Å². The number of nitrogens with zero attached hydrogens (tertiary/aromatic N) is 6. The second kappa shape index (κ2) is 7.16. The Morgan fingerprint density at radius 3 is 2.46 bits per heavy atom. The predicted octanol–water partition coefficient (Wildman–Crippen LogP) is 3.78. The van der Waals surface area contributed by atoms with Crippen LogP contribution in [0.4, 0.5) is 5.82 Å². The van der Waals surface area contributed by atoms with E-state index in [1.807, 2.05) is 35.7 Å². The highest BCUT2D eigenvalue weighted by Crippen LogP contribution is 2.47. The summed E-state index contributed by atoms with van der Waals surface area (Å²) in [5.41, 5.74) is 1.69. The van der Waals surface area contributed by atoms with Gasteiger partial charge >= 0.3 is 0 Å². The quantitative estimate of drug-likeness (QED) is 0.528. The molecule has 5 rings (SSSR count). The van der Waals surface area contributed by atoms with Crippen molar-refractivity contribution < 1.29 is 4.84 Å². The molecule has 0 saturated heterocycles. The van der Waals surface area contributed by atoms with E-state index >= 15 is 0 Å². The Balaban J connectivity index is 1.74. The van der Waals surface area contributed by atoms with Crippen LogP contribution in [-0.2, 0) is 4.84 Å². The summed E-state index contributed by atoms with van der Waals surface area (Å²) < 4.78 is 0. The van der Waals surface area contributed by atoms with Crippen LogP contribution < -0.4 is 5.06 Å². The molecule has 0 amide bonds. The van der Waals surface area contributed by atoms with Crippen LogP contribution in [0.25, 0.3) is 11.3 Å². The molecule has 1 aliphatic heterocycles. The number of hydroxylamine groups is 1. The van der Waals surface area contributed by atoms with E-state index in [4.69, 9.17) is 4.84 Å². The molecule has 5 heterocycles. The largest absolute Gasteiger partial charge is 0.375 e. The van der Waals surface area contributed by atoms with E-state index in [1.54, 1.807) is 59.6 Å². The molecule has 0 radical (unpaired) electrons. The lowest BCUT2D eigenvalue weighted by Gasteiger charge is -2.23. The standard InChI is InChI=1S/C20H14N6OS/c1-2-7-22-14(5-1)17-18(20-24-8-4-9-25-20)26(16-13-21-10-11-23-16)27-19(17)15-6-3-12-28-15/h1-13,18H. The fourth-order valence-corrected chi connectivity index (χ4v) is 3.79. The highest BCUT2D eigenvalue weighted by atomic mass is 32.1. The van der Waals surface area contributed by atoms with Crippen molar-refractivity contribution in [2.24, 2.45) is 0 Å². The summed E-state index contributed by atoms with van der Waals surface area (Å²) in [5.74, 6) is 1.89. The molecular formula is C20H14N6OS. The minimum absolute atomic E-state index is 0.412. The van der Waals surface area contributed by atoms with Crippen LogP contribution in [0.15, 0.2) is 79.0 Å². The molecule has 0 saturated carbocycles. The molecule has 0 bridgehead atoms. The first-order valence-corrected chi connectivity index (χ1v) is 9.49. The first-order valence-electron chi connectivity index (χ1n) is 8.61. The molecule has 4 aromatic heterocycles. The smallest absolute Gasteiger partial charge is 0.183 e. The molecule has 1 atom stereocenters. The minimum Gasteiger partial charge on any atom is -0.375 e. The molecule has 1 aliphatic rings. The molecule has 0 aromatic carbocycles. The Labute approximate surface area is 165 Å². The van der Waals surface area contributed by atoms with Gasteiger partial charge in [0, 0.05) is 31.0 Å². The molecule has 0 fully saturated rings. The number of rotatable bonds is 4. The van der Waals surface area contributed by atoms with Crippen molar-refractivity contribution in [1.82, 2.24) is 24.9 Å². The number of pyridine rings is 1. The molecule has 0 aliphatic carbocycles. The summed E-state index contributed by atoms with van der Waals surface area (Å²) in [5, 5.41) is 3.71. The van der Waals surface area contributed by atoms with E-state index in [9.17, 15) is 0 Å². The Hall–Kier alpha value is -3.65. The number of anilines is 1. The van der Waals surface area contributed by atoms with Gasteiger partial charge in [-0.15, -0.1) is 11.3 Å². The van der Waals surface area contributed by atoms with Crippen molar-refractivity contribution in [1.29, 1.82) is 0 Å². The lowest BCUT2D eigenvalue weighted by atomic mass is 10.0. The van der Waals surface area contributed by atoms with Crippen LogP contribution in [0.1, 0.15) is 22.4 Å². The average molecular weight is 386 g/mol. The van der Waals surface area contributed by atoms with E-state index in [0.717, 1.165) is 21.9 Å². The van der Waals surface area contributed by atoms with Gasteiger partial charge in [0.05, 0.1) is 22.3 Å². The minimum atomic E-state index is -0.412. The van der Waals surface area contributed by atoms with Crippen molar-refractivity contribution in [3.8, 4) is 0 Å². The monoisotopic (exact) mass is 386 g/mol. The maximum absolute atomic E-state index is 6.33. The van der Waals surface area contributed by atoms with Gasteiger partial charge in [-0.05, 0) is 29.6 Å². The third-order valence-corrected chi connectivity index (χ3v) is 5.10. The topological polar surface area (TPSA) is 76.9 Å². The molecule has 1 unspecified atom stereocenters. The molecular weight excluding hydrogens is 372 g/mol. The van der Waals surface area contributed by atoms with Gasteiger partial charge in [-0.1, -0.05) is 12.1 Å². The molecule has 0 spiro atoms. The summed E-state index contributed by atoms with van der Waals surface area (Å²) in [7, 11) is 0. The van der Waals surface area contributed by atoms with Gasteiger partial charge < -0.3 is 4.84 Å². The Kier molecular flexibility index (Phi) is 4.23. The van der Waals surface area contributed by atoms with Gasteiger partial charge in [-0.3, -0.25) is 9.97 Å². The summed E-state index contributed by atoms with van der Waals surface area (Å²) in [6.07, 6.45) is 10.1. The second-order valence-corrected chi connectivity index (χ2v) is 6.87. The number of aromatic nitrogens is 5. The molecule has 8 heteroatoms. The van der Waals surface area contributed by atoms with Gasteiger partial charge in [0.1, 0.15) is 0 Å². The zero-order valence-corrected chi connectivity index (χ0v) is 15.4. The van der Waals surface area contributed by atoms with Crippen LogP contribution in [-0.4, -0.2) is 24.9 Å². The summed E-state index contributed by atoms with van der Waals surface area (Å²) >= 11 is 1.60. The Bertz CT molecular complexity index is 1090. The maximum atomic E-state index is 6.33. The van der Waals surface area contributed by atoms with E-state index in [2.05, 4.69) is 24.9 Å². The van der Waals surface area contributed by atoms with Gasteiger partial charge in [-0.25, -0.2) is 15.0 Å². The number of hydrogen-bond acceptors (Lipinski definition) is 8. The normalized spacial score (nSPS) is 16.3. The second-order valence-electron chi connectivity index (χ2n) is 5.93. The molecule has 0 N–H and O–H groups in total. The summed E-state index contributed by atoms with van der Waals surface area (Å²) in [4.78, 5) is 29.5. The van der Waals surface area contributed by atoms with Crippen LogP contribution in [0, 0.1) is 0 Å². The van der Waals surface area contributed by atoms with Gasteiger partial charge in [0.2, 0.25) is 0 Å². The van der Waals surface area contributed by atoms with Crippen molar-refractivity contribution in [3.63, 3.8) is 0 Å².